The average Bonchev–Trinajstić information content (AvgIpc) is 2.92. The lowest BCUT2D eigenvalue weighted by atomic mass is 10.00. The molecule has 1 saturated heterocycles. The van der Waals surface area contributed by atoms with Crippen LogP contribution < -0.4 is 0 Å². The molecule has 0 saturated carbocycles. The highest BCUT2D eigenvalue weighted by Gasteiger charge is 2.17. The summed E-state index contributed by atoms with van der Waals surface area (Å²) in [5.41, 5.74) is 0. The maximum absolute atomic E-state index is 11.9. The summed E-state index contributed by atoms with van der Waals surface area (Å²) in [5, 5.41) is 0. The molecule has 0 spiro atoms. The van der Waals surface area contributed by atoms with Crippen molar-refractivity contribution in [3.05, 3.63) is 0 Å². The van der Waals surface area contributed by atoms with Crippen molar-refractivity contribution in [2.75, 3.05) is 13.2 Å². The number of hydrogen-bond donors (Lipinski definition) is 0. The fraction of sp³-hybridized carbons (Fsp3) is 0.938. The third-order valence-corrected chi connectivity index (χ3v) is 3.92. The van der Waals surface area contributed by atoms with Crippen LogP contribution in [0.5, 0.6) is 0 Å². The van der Waals surface area contributed by atoms with E-state index in [2.05, 4.69) is 13.8 Å². The Balaban J connectivity index is 2.01. The third-order valence-electron chi connectivity index (χ3n) is 3.92. The minimum Gasteiger partial charge on any atom is -0.465 e. The molecule has 0 aromatic carbocycles. The SMILES string of the molecule is CCCCC(CC)C(=O)OCCCCC1CCCO1. The van der Waals surface area contributed by atoms with Crippen molar-refractivity contribution in [2.45, 2.75) is 77.7 Å². The van der Waals surface area contributed by atoms with Crippen LogP contribution in [0.4, 0.5) is 0 Å². The van der Waals surface area contributed by atoms with E-state index in [1.807, 2.05) is 0 Å². The second-order valence-electron chi connectivity index (χ2n) is 5.55. The van der Waals surface area contributed by atoms with Crippen molar-refractivity contribution < 1.29 is 14.3 Å². The lowest BCUT2D eigenvalue weighted by molar-refractivity contribution is -0.149. The maximum Gasteiger partial charge on any atom is 0.308 e. The molecule has 1 heterocycles. The first-order valence-electron chi connectivity index (χ1n) is 8.06. The van der Waals surface area contributed by atoms with E-state index in [9.17, 15) is 4.79 Å². The summed E-state index contributed by atoms with van der Waals surface area (Å²) < 4.78 is 10.9. The van der Waals surface area contributed by atoms with E-state index in [1.165, 1.54) is 12.8 Å². The van der Waals surface area contributed by atoms with Crippen LogP contribution in [0.15, 0.2) is 0 Å². The van der Waals surface area contributed by atoms with Gasteiger partial charge in [-0.2, -0.15) is 0 Å². The summed E-state index contributed by atoms with van der Waals surface area (Å²) in [6.45, 7) is 5.73. The molecule has 2 atom stereocenters. The number of carbonyl (C=O) groups excluding carboxylic acids is 1. The fourth-order valence-electron chi connectivity index (χ4n) is 2.58. The molecule has 0 aliphatic carbocycles. The van der Waals surface area contributed by atoms with Crippen LogP contribution in [0, 0.1) is 5.92 Å². The highest BCUT2D eigenvalue weighted by atomic mass is 16.5. The van der Waals surface area contributed by atoms with Crippen LogP contribution in [0.2, 0.25) is 0 Å². The van der Waals surface area contributed by atoms with E-state index in [0.717, 1.165) is 51.6 Å². The Kier molecular flexibility index (Phi) is 8.89. The highest BCUT2D eigenvalue weighted by Crippen LogP contribution is 2.18. The molecule has 0 aromatic rings. The summed E-state index contributed by atoms with van der Waals surface area (Å²) in [7, 11) is 0. The summed E-state index contributed by atoms with van der Waals surface area (Å²) in [6.07, 6.45) is 10.2. The molecule has 1 rings (SSSR count). The van der Waals surface area contributed by atoms with Gasteiger partial charge in [-0.3, -0.25) is 4.79 Å². The summed E-state index contributed by atoms with van der Waals surface area (Å²) >= 11 is 0. The quantitative estimate of drug-likeness (QED) is 0.443. The van der Waals surface area contributed by atoms with Gasteiger partial charge in [0, 0.05) is 6.61 Å². The lowest BCUT2D eigenvalue weighted by Gasteiger charge is -2.14. The molecule has 1 aliphatic heterocycles. The predicted octanol–water partition coefficient (Wildman–Crippen LogP) is 4.10. The van der Waals surface area contributed by atoms with Gasteiger partial charge in [-0.15, -0.1) is 0 Å². The van der Waals surface area contributed by atoms with Crippen LogP contribution in [0.25, 0.3) is 0 Å². The molecule has 3 heteroatoms. The third kappa shape index (κ3) is 6.95. The van der Waals surface area contributed by atoms with Crippen molar-refractivity contribution in [3.8, 4) is 0 Å². The van der Waals surface area contributed by atoms with E-state index in [-0.39, 0.29) is 11.9 Å². The van der Waals surface area contributed by atoms with E-state index in [4.69, 9.17) is 9.47 Å². The molecular formula is C16H30O3. The first-order chi connectivity index (χ1) is 9.27. The summed E-state index contributed by atoms with van der Waals surface area (Å²) in [6, 6.07) is 0. The Morgan fingerprint density at radius 3 is 2.79 bits per heavy atom. The zero-order chi connectivity index (χ0) is 13.9. The second kappa shape index (κ2) is 10.2. The number of hydrogen-bond acceptors (Lipinski definition) is 3. The molecule has 0 bridgehead atoms. The van der Waals surface area contributed by atoms with Gasteiger partial charge in [0.15, 0.2) is 0 Å². The van der Waals surface area contributed by atoms with Gasteiger partial charge in [-0.25, -0.2) is 0 Å². The number of carbonyl (C=O) groups is 1. The van der Waals surface area contributed by atoms with Crippen molar-refractivity contribution in [3.63, 3.8) is 0 Å². The maximum atomic E-state index is 11.9. The molecule has 3 nitrogen and oxygen atoms in total. The molecule has 1 aliphatic rings. The molecule has 1 fully saturated rings. The van der Waals surface area contributed by atoms with Gasteiger partial charge in [-0.1, -0.05) is 26.7 Å². The Morgan fingerprint density at radius 1 is 1.32 bits per heavy atom. The largest absolute Gasteiger partial charge is 0.465 e. The average molecular weight is 270 g/mol. The summed E-state index contributed by atoms with van der Waals surface area (Å²) in [5.74, 6) is 0.117. The van der Waals surface area contributed by atoms with E-state index >= 15 is 0 Å². The van der Waals surface area contributed by atoms with Gasteiger partial charge in [0.1, 0.15) is 0 Å². The predicted molar refractivity (Wildman–Crippen MR) is 77.1 cm³/mol. The van der Waals surface area contributed by atoms with Crippen molar-refractivity contribution in [1.29, 1.82) is 0 Å². The fourth-order valence-corrected chi connectivity index (χ4v) is 2.58. The van der Waals surface area contributed by atoms with Crippen LogP contribution >= 0.6 is 0 Å². The van der Waals surface area contributed by atoms with Gasteiger partial charge in [-0.05, 0) is 44.9 Å². The van der Waals surface area contributed by atoms with E-state index in [1.54, 1.807) is 0 Å². The highest BCUT2D eigenvalue weighted by molar-refractivity contribution is 5.72. The van der Waals surface area contributed by atoms with Gasteiger partial charge >= 0.3 is 5.97 Å². The second-order valence-corrected chi connectivity index (χ2v) is 5.55. The number of rotatable bonds is 10. The Hall–Kier alpha value is -0.570. The smallest absolute Gasteiger partial charge is 0.308 e. The van der Waals surface area contributed by atoms with E-state index < -0.39 is 0 Å². The Morgan fingerprint density at radius 2 is 2.16 bits per heavy atom. The molecule has 0 radical (unpaired) electrons. The Labute approximate surface area is 118 Å². The van der Waals surface area contributed by atoms with E-state index in [0.29, 0.717) is 12.7 Å². The number of ether oxygens (including phenoxy) is 2. The molecular weight excluding hydrogens is 240 g/mol. The molecule has 0 N–H and O–H groups in total. The number of esters is 1. The van der Waals surface area contributed by atoms with Crippen LogP contribution in [0.3, 0.4) is 0 Å². The van der Waals surface area contributed by atoms with Crippen LogP contribution in [-0.4, -0.2) is 25.3 Å². The normalized spacial score (nSPS) is 20.4. The van der Waals surface area contributed by atoms with Gasteiger partial charge in [0.2, 0.25) is 0 Å². The first-order valence-corrected chi connectivity index (χ1v) is 8.06. The van der Waals surface area contributed by atoms with Crippen molar-refractivity contribution in [2.24, 2.45) is 5.92 Å². The first kappa shape index (κ1) is 16.5. The standard InChI is InChI=1S/C16H30O3/c1-3-5-9-14(4-2)16(17)19-12-7-6-10-15-11-8-13-18-15/h14-15H,3-13H2,1-2H3. The topological polar surface area (TPSA) is 35.5 Å². The lowest BCUT2D eigenvalue weighted by Crippen LogP contribution is -2.18. The molecule has 112 valence electrons. The minimum absolute atomic E-state index is 0.00747. The van der Waals surface area contributed by atoms with Crippen LogP contribution in [0.1, 0.15) is 71.6 Å². The van der Waals surface area contributed by atoms with Crippen LogP contribution in [-0.2, 0) is 14.3 Å². The monoisotopic (exact) mass is 270 g/mol. The summed E-state index contributed by atoms with van der Waals surface area (Å²) in [4.78, 5) is 11.9. The molecule has 2 unspecified atom stereocenters. The molecule has 0 amide bonds. The number of unbranched alkanes of at least 4 members (excludes halogenated alkanes) is 2. The van der Waals surface area contributed by atoms with Gasteiger partial charge in [0.05, 0.1) is 18.6 Å². The Bertz CT molecular complexity index is 234. The zero-order valence-electron chi connectivity index (χ0n) is 12.7. The molecule has 0 aromatic heterocycles. The van der Waals surface area contributed by atoms with Crippen molar-refractivity contribution in [1.82, 2.24) is 0 Å². The van der Waals surface area contributed by atoms with Crippen molar-refractivity contribution >= 4 is 5.97 Å². The molecule has 19 heavy (non-hydrogen) atoms. The minimum atomic E-state index is 0.00747. The van der Waals surface area contributed by atoms with Gasteiger partial charge < -0.3 is 9.47 Å². The zero-order valence-corrected chi connectivity index (χ0v) is 12.7. The van der Waals surface area contributed by atoms with Gasteiger partial charge in [0.25, 0.3) is 0 Å².